The number of rotatable bonds is 6. The van der Waals surface area contributed by atoms with Crippen LogP contribution >= 0.6 is 11.3 Å². The van der Waals surface area contributed by atoms with Crippen molar-refractivity contribution in [1.29, 1.82) is 0 Å². The lowest BCUT2D eigenvalue weighted by Gasteiger charge is -2.02. The summed E-state index contributed by atoms with van der Waals surface area (Å²) < 4.78 is 0. The second-order valence-corrected chi connectivity index (χ2v) is 5.48. The number of carbonyl (C=O) groups is 2. The number of aliphatic hydroxyl groups excluding tert-OH is 1. The molecule has 22 heavy (non-hydrogen) atoms. The number of hydrogen-bond acceptors (Lipinski definition) is 5. The molecule has 0 saturated carbocycles. The number of aliphatic hydroxyl groups is 1. The van der Waals surface area contributed by atoms with Crippen LogP contribution in [0.5, 0.6) is 0 Å². The molecule has 0 fully saturated rings. The van der Waals surface area contributed by atoms with Gasteiger partial charge in [0.05, 0.1) is 10.6 Å². The highest BCUT2D eigenvalue weighted by molar-refractivity contribution is 7.12. The van der Waals surface area contributed by atoms with Gasteiger partial charge in [-0.2, -0.15) is 0 Å². The van der Waals surface area contributed by atoms with Crippen LogP contribution in [0.4, 0.5) is 0 Å². The normalized spacial score (nSPS) is 11.4. The van der Waals surface area contributed by atoms with Gasteiger partial charge in [-0.05, 0) is 41.5 Å². The second-order valence-electron chi connectivity index (χ2n) is 4.57. The van der Waals surface area contributed by atoms with Gasteiger partial charge in [0, 0.05) is 12.3 Å². The Morgan fingerprint density at radius 2 is 2.00 bits per heavy atom. The highest BCUT2D eigenvalue weighted by Crippen LogP contribution is 2.18. The summed E-state index contributed by atoms with van der Waals surface area (Å²) in [5.74, 6) is -2.58. The average molecular weight is 318 g/mol. The average Bonchev–Trinajstić information content (AvgIpc) is 2.95. The van der Waals surface area contributed by atoms with Crippen molar-refractivity contribution < 1.29 is 19.8 Å². The van der Waals surface area contributed by atoms with E-state index in [1.54, 1.807) is 18.3 Å². The Morgan fingerprint density at radius 3 is 2.59 bits per heavy atom. The minimum atomic E-state index is -1.40. The first-order valence-corrected chi connectivity index (χ1v) is 7.30. The maximum atomic E-state index is 11.2. The van der Waals surface area contributed by atoms with Crippen LogP contribution in [0, 0.1) is 0 Å². The number of carbonyl (C=O) groups excluding carboxylic acids is 1. The lowest BCUT2D eigenvalue weighted by atomic mass is 10.1. The fourth-order valence-corrected chi connectivity index (χ4v) is 2.70. The third-order valence-electron chi connectivity index (χ3n) is 3.00. The van der Waals surface area contributed by atoms with Crippen molar-refractivity contribution in [3.05, 3.63) is 57.2 Å². The van der Waals surface area contributed by atoms with Crippen molar-refractivity contribution in [2.24, 2.45) is 5.73 Å². The number of amides is 1. The Kier molecular flexibility index (Phi) is 4.90. The molecule has 2 heterocycles. The number of pyridine rings is 1. The molecule has 6 nitrogen and oxygen atoms in total. The van der Waals surface area contributed by atoms with Crippen molar-refractivity contribution in [2.75, 3.05) is 0 Å². The van der Waals surface area contributed by atoms with Crippen molar-refractivity contribution in [3.8, 4) is 0 Å². The van der Waals surface area contributed by atoms with Crippen molar-refractivity contribution in [1.82, 2.24) is 4.98 Å². The number of hydrogen-bond donors (Lipinski definition) is 3. The number of aryl methyl sites for hydroxylation is 2. The van der Waals surface area contributed by atoms with E-state index in [1.807, 2.05) is 11.4 Å². The Morgan fingerprint density at radius 1 is 1.23 bits per heavy atom. The number of carboxylic acids is 1. The van der Waals surface area contributed by atoms with Gasteiger partial charge >= 0.3 is 5.97 Å². The van der Waals surface area contributed by atoms with Gasteiger partial charge in [-0.25, -0.2) is 4.79 Å². The Labute approximate surface area is 130 Å². The highest BCUT2D eigenvalue weighted by atomic mass is 32.1. The molecular formula is C15H14N2O4S. The fraction of sp³-hybridized carbons (Fsp3) is 0.133. The van der Waals surface area contributed by atoms with E-state index in [2.05, 4.69) is 4.98 Å². The van der Waals surface area contributed by atoms with Gasteiger partial charge in [0.25, 0.3) is 5.91 Å². The predicted molar refractivity (Wildman–Crippen MR) is 82.7 cm³/mol. The molecule has 2 aromatic heterocycles. The summed E-state index contributed by atoms with van der Waals surface area (Å²) in [4.78, 5) is 26.4. The highest BCUT2D eigenvalue weighted by Gasteiger charge is 2.10. The molecule has 0 saturated heterocycles. The van der Waals surface area contributed by atoms with Crippen LogP contribution in [0.2, 0.25) is 0 Å². The van der Waals surface area contributed by atoms with Crippen LogP contribution in [0.15, 0.2) is 35.5 Å². The fourth-order valence-electron chi connectivity index (χ4n) is 1.90. The molecule has 2 rings (SSSR count). The molecule has 0 radical (unpaired) electrons. The van der Waals surface area contributed by atoms with E-state index in [-0.39, 0.29) is 0 Å². The zero-order valence-electron chi connectivity index (χ0n) is 11.5. The van der Waals surface area contributed by atoms with Gasteiger partial charge < -0.3 is 15.9 Å². The van der Waals surface area contributed by atoms with Crippen LogP contribution in [0.3, 0.4) is 0 Å². The first kappa shape index (κ1) is 15.7. The largest absolute Gasteiger partial charge is 0.502 e. The van der Waals surface area contributed by atoms with E-state index < -0.39 is 17.6 Å². The monoisotopic (exact) mass is 318 g/mol. The number of nitrogens with two attached hydrogens (primary N) is 1. The molecule has 0 atom stereocenters. The predicted octanol–water partition coefficient (Wildman–Crippen LogP) is 2.01. The van der Waals surface area contributed by atoms with Crippen molar-refractivity contribution in [3.63, 3.8) is 0 Å². The molecule has 4 N–H and O–H groups in total. The third kappa shape index (κ3) is 3.92. The molecule has 0 aliphatic carbocycles. The summed E-state index contributed by atoms with van der Waals surface area (Å²) >= 11 is 1.32. The molecular weight excluding hydrogens is 304 g/mol. The quantitative estimate of drug-likeness (QED) is 0.557. The molecule has 0 bridgehead atoms. The van der Waals surface area contributed by atoms with Gasteiger partial charge in [0.2, 0.25) is 5.76 Å². The van der Waals surface area contributed by atoms with Gasteiger partial charge in [-0.15, -0.1) is 11.3 Å². The van der Waals surface area contributed by atoms with E-state index in [4.69, 9.17) is 15.9 Å². The van der Waals surface area contributed by atoms with Crippen molar-refractivity contribution >= 4 is 29.3 Å². The Balaban J connectivity index is 2.03. The number of aromatic nitrogens is 1. The first-order valence-electron chi connectivity index (χ1n) is 6.42. The molecule has 7 heteroatoms. The van der Waals surface area contributed by atoms with Crippen LogP contribution < -0.4 is 5.73 Å². The van der Waals surface area contributed by atoms with E-state index in [1.165, 1.54) is 11.3 Å². The summed E-state index contributed by atoms with van der Waals surface area (Å²) in [5.41, 5.74) is 7.50. The van der Waals surface area contributed by atoms with Crippen molar-refractivity contribution in [2.45, 2.75) is 12.8 Å². The van der Waals surface area contributed by atoms with Gasteiger partial charge in [-0.1, -0.05) is 6.07 Å². The number of primary amides is 1. The number of aliphatic carboxylic acids is 1. The SMILES string of the molecule is NC(=O)c1sccc1CCc1ccc(/C=C(\O)C(=O)O)nc1. The van der Waals surface area contributed by atoms with Crippen LogP contribution in [-0.4, -0.2) is 27.1 Å². The third-order valence-corrected chi connectivity index (χ3v) is 3.98. The summed E-state index contributed by atoms with van der Waals surface area (Å²) in [5, 5.41) is 19.5. The smallest absolute Gasteiger partial charge is 0.371 e. The van der Waals surface area contributed by atoms with E-state index in [0.29, 0.717) is 23.4 Å². The Hall–Kier alpha value is -2.67. The molecule has 0 spiro atoms. The topological polar surface area (TPSA) is 114 Å². The maximum Gasteiger partial charge on any atom is 0.371 e. The molecule has 1 amide bonds. The molecule has 0 unspecified atom stereocenters. The zero-order valence-corrected chi connectivity index (χ0v) is 12.3. The van der Waals surface area contributed by atoms with Gasteiger partial charge in [0.15, 0.2) is 0 Å². The molecule has 0 aromatic carbocycles. The van der Waals surface area contributed by atoms with Gasteiger partial charge in [-0.3, -0.25) is 9.78 Å². The number of carboxylic acid groups (broad SMARTS) is 1. The summed E-state index contributed by atoms with van der Waals surface area (Å²) in [6.07, 6.45) is 4.03. The number of thiophene rings is 1. The lowest BCUT2D eigenvalue weighted by Crippen LogP contribution is -2.11. The maximum absolute atomic E-state index is 11.2. The Bertz CT molecular complexity index is 719. The zero-order chi connectivity index (χ0) is 16.1. The minimum absolute atomic E-state index is 0.358. The molecule has 114 valence electrons. The van der Waals surface area contributed by atoms with Gasteiger partial charge in [0.1, 0.15) is 0 Å². The van der Waals surface area contributed by atoms with Crippen LogP contribution in [0.25, 0.3) is 6.08 Å². The number of nitrogens with zero attached hydrogens (tertiary/aromatic N) is 1. The summed E-state index contributed by atoms with van der Waals surface area (Å²) in [6, 6.07) is 5.29. The van der Waals surface area contributed by atoms with Crippen LogP contribution in [-0.2, 0) is 17.6 Å². The first-order chi connectivity index (χ1) is 10.5. The lowest BCUT2D eigenvalue weighted by molar-refractivity contribution is -0.135. The van der Waals surface area contributed by atoms with Crippen LogP contribution in [0.1, 0.15) is 26.5 Å². The molecule has 0 aliphatic heterocycles. The molecule has 0 aliphatic rings. The standard InChI is InChI=1S/C15H14N2O4S/c16-14(19)13-10(5-6-22-13)3-1-9-2-4-11(17-8-9)7-12(18)15(20)21/h2,4-8,18H,1,3H2,(H2,16,19)(H,20,21)/b12-7-. The van der Waals surface area contributed by atoms with E-state index >= 15 is 0 Å². The van der Waals surface area contributed by atoms with E-state index in [0.717, 1.165) is 17.2 Å². The van der Waals surface area contributed by atoms with E-state index in [9.17, 15) is 9.59 Å². The summed E-state index contributed by atoms with van der Waals surface area (Å²) in [6.45, 7) is 0. The molecule has 2 aromatic rings. The summed E-state index contributed by atoms with van der Waals surface area (Å²) in [7, 11) is 0. The second kappa shape index (κ2) is 6.86. The minimum Gasteiger partial charge on any atom is -0.502 e.